The van der Waals surface area contributed by atoms with Crippen molar-refractivity contribution in [3.05, 3.63) is 0 Å². The van der Waals surface area contributed by atoms with Gasteiger partial charge in [-0.3, -0.25) is 4.79 Å². The summed E-state index contributed by atoms with van der Waals surface area (Å²) in [4.78, 5) is 11.5. The van der Waals surface area contributed by atoms with Gasteiger partial charge in [-0.2, -0.15) is 0 Å². The summed E-state index contributed by atoms with van der Waals surface area (Å²) in [6.45, 7) is 9.08. The Morgan fingerprint density at radius 1 is 1.36 bits per heavy atom. The van der Waals surface area contributed by atoms with Gasteiger partial charge in [0, 0.05) is 12.8 Å². The molecule has 1 aliphatic rings. The SMILES string of the molecule is CCCC1CCC(=O)CC1C(C)(C)C. The first-order valence-corrected chi connectivity index (χ1v) is 5.97. The summed E-state index contributed by atoms with van der Waals surface area (Å²) in [7, 11) is 0. The second-order valence-corrected chi connectivity index (χ2v) is 5.80. The number of hydrogen-bond acceptors (Lipinski definition) is 1. The van der Waals surface area contributed by atoms with Crippen LogP contribution in [0.3, 0.4) is 0 Å². The number of rotatable bonds is 2. The fraction of sp³-hybridized carbons (Fsp3) is 0.923. The topological polar surface area (TPSA) is 17.1 Å². The van der Waals surface area contributed by atoms with Crippen LogP contribution in [0.5, 0.6) is 0 Å². The van der Waals surface area contributed by atoms with Gasteiger partial charge >= 0.3 is 0 Å². The molecule has 0 saturated heterocycles. The summed E-state index contributed by atoms with van der Waals surface area (Å²) < 4.78 is 0. The molecule has 0 N–H and O–H groups in total. The minimum Gasteiger partial charge on any atom is -0.300 e. The lowest BCUT2D eigenvalue weighted by atomic mass is 9.65. The van der Waals surface area contributed by atoms with Crippen LogP contribution in [0.4, 0.5) is 0 Å². The largest absolute Gasteiger partial charge is 0.300 e. The maximum absolute atomic E-state index is 11.5. The Morgan fingerprint density at radius 2 is 2.00 bits per heavy atom. The van der Waals surface area contributed by atoms with Gasteiger partial charge in [-0.25, -0.2) is 0 Å². The van der Waals surface area contributed by atoms with Crippen molar-refractivity contribution in [1.29, 1.82) is 0 Å². The molecule has 0 spiro atoms. The molecule has 1 fully saturated rings. The molecule has 0 aromatic rings. The average Bonchev–Trinajstić information content (AvgIpc) is 2.07. The molecule has 0 radical (unpaired) electrons. The van der Waals surface area contributed by atoms with Gasteiger partial charge in [0.2, 0.25) is 0 Å². The van der Waals surface area contributed by atoms with E-state index >= 15 is 0 Å². The molecular formula is C13H24O. The van der Waals surface area contributed by atoms with Gasteiger partial charge in [0.1, 0.15) is 5.78 Å². The zero-order chi connectivity index (χ0) is 10.8. The van der Waals surface area contributed by atoms with Crippen molar-refractivity contribution in [3.8, 4) is 0 Å². The normalized spacial score (nSPS) is 29.3. The summed E-state index contributed by atoms with van der Waals surface area (Å²) in [6.07, 6.45) is 5.35. The second-order valence-electron chi connectivity index (χ2n) is 5.80. The van der Waals surface area contributed by atoms with E-state index in [4.69, 9.17) is 0 Å². The van der Waals surface area contributed by atoms with Crippen LogP contribution in [0.2, 0.25) is 0 Å². The highest BCUT2D eigenvalue weighted by Crippen LogP contribution is 2.42. The lowest BCUT2D eigenvalue weighted by Crippen LogP contribution is -2.34. The van der Waals surface area contributed by atoms with E-state index in [0.717, 1.165) is 25.2 Å². The molecule has 82 valence electrons. The van der Waals surface area contributed by atoms with Crippen LogP contribution in [0, 0.1) is 17.3 Å². The molecule has 1 rings (SSSR count). The monoisotopic (exact) mass is 196 g/mol. The Bertz CT molecular complexity index is 200. The second kappa shape index (κ2) is 4.46. The van der Waals surface area contributed by atoms with Crippen LogP contribution >= 0.6 is 0 Å². The van der Waals surface area contributed by atoms with Crippen LogP contribution in [0.25, 0.3) is 0 Å². The van der Waals surface area contributed by atoms with Crippen molar-refractivity contribution in [2.45, 2.75) is 59.8 Å². The summed E-state index contributed by atoms with van der Waals surface area (Å²) in [5.74, 6) is 1.89. The van der Waals surface area contributed by atoms with E-state index in [1.807, 2.05) is 0 Å². The van der Waals surface area contributed by atoms with Gasteiger partial charge in [-0.1, -0.05) is 40.5 Å². The van der Waals surface area contributed by atoms with Gasteiger partial charge in [-0.05, 0) is 23.7 Å². The molecule has 2 atom stereocenters. The summed E-state index contributed by atoms with van der Waals surface area (Å²) >= 11 is 0. The molecule has 0 aromatic heterocycles. The quantitative estimate of drug-likeness (QED) is 0.656. The summed E-state index contributed by atoms with van der Waals surface area (Å²) in [5, 5.41) is 0. The lowest BCUT2D eigenvalue weighted by molar-refractivity contribution is -0.124. The maximum atomic E-state index is 11.5. The Balaban J connectivity index is 2.68. The van der Waals surface area contributed by atoms with Crippen LogP contribution < -0.4 is 0 Å². The molecule has 1 saturated carbocycles. The van der Waals surface area contributed by atoms with Crippen LogP contribution in [-0.4, -0.2) is 5.78 Å². The van der Waals surface area contributed by atoms with Crippen LogP contribution in [0.15, 0.2) is 0 Å². The molecular weight excluding hydrogens is 172 g/mol. The van der Waals surface area contributed by atoms with Gasteiger partial charge in [0.25, 0.3) is 0 Å². The third-order valence-corrected chi connectivity index (χ3v) is 3.58. The van der Waals surface area contributed by atoms with Crippen molar-refractivity contribution in [2.24, 2.45) is 17.3 Å². The number of ketones is 1. The van der Waals surface area contributed by atoms with E-state index in [-0.39, 0.29) is 0 Å². The molecule has 0 heterocycles. The molecule has 1 nitrogen and oxygen atoms in total. The Morgan fingerprint density at radius 3 is 2.50 bits per heavy atom. The molecule has 0 bridgehead atoms. The smallest absolute Gasteiger partial charge is 0.133 e. The summed E-state index contributed by atoms with van der Waals surface area (Å²) in [5.41, 5.74) is 0.302. The van der Waals surface area contributed by atoms with Gasteiger partial charge in [-0.15, -0.1) is 0 Å². The van der Waals surface area contributed by atoms with Crippen molar-refractivity contribution in [2.75, 3.05) is 0 Å². The first kappa shape index (κ1) is 11.7. The lowest BCUT2D eigenvalue weighted by Gasteiger charge is -2.39. The molecule has 0 aromatic carbocycles. The molecule has 1 aliphatic carbocycles. The fourth-order valence-electron chi connectivity index (χ4n) is 2.79. The predicted octanol–water partition coefficient (Wildman–Crippen LogP) is 3.82. The number of carbonyl (C=O) groups excluding carboxylic acids is 1. The number of carbonyl (C=O) groups is 1. The highest BCUT2D eigenvalue weighted by molar-refractivity contribution is 5.79. The highest BCUT2D eigenvalue weighted by atomic mass is 16.1. The van der Waals surface area contributed by atoms with Crippen molar-refractivity contribution >= 4 is 5.78 Å². The zero-order valence-electron chi connectivity index (χ0n) is 10.1. The Hall–Kier alpha value is -0.330. The van der Waals surface area contributed by atoms with E-state index in [1.54, 1.807) is 0 Å². The van der Waals surface area contributed by atoms with E-state index in [0.29, 0.717) is 17.1 Å². The highest BCUT2D eigenvalue weighted by Gasteiger charge is 2.36. The standard InChI is InChI=1S/C13H24O/c1-5-6-10-7-8-11(14)9-12(10)13(2,3)4/h10,12H,5-9H2,1-4H3. The molecule has 2 unspecified atom stereocenters. The van der Waals surface area contributed by atoms with E-state index < -0.39 is 0 Å². The van der Waals surface area contributed by atoms with Gasteiger partial charge < -0.3 is 0 Å². The summed E-state index contributed by atoms with van der Waals surface area (Å²) in [6, 6.07) is 0. The van der Waals surface area contributed by atoms with Crippen molar-refractivity contribution in [1.82, 2.24) is 0 Å². The molecule has 14 heavy (non-hydrogen) atoms. The number of hydrogen-bond donors (Lipinski definition) is 0. The number of Topliss-reactive ketones (excluding diaryl/α,β-unsaturated/α-hetero) is 1. The fourth-order valence-corrected chi connectivity index (χ4v) is 2.79. The van der Waals surface area contributed by atoms with E-state index in [1.165, 1.54) is 12.8 Å². The maximum Gasteiger partial charge on any atom is 0.133 e. The zero-order valence-corrected chi connectivity index (χ0v) is 10.1. The third kappa shape index (κ3) is 2.83. The first-order chi connectivity index (χ1) is 6.45. The molecule has 0 aliphatic heterocycles. The van der Waals surface area contributed by atoms with Crippen molar-refractivity contribution in [3.63, 3.8) is 0 Å². The first-order valence-electron chi connectivity index (χ1n) is 5.97. The Kier molecular flexibility index (Phi) is 3.74. The van der Waals surface area contributed by atoms with E-state index in [9.17, 15) is 4.79 Å². The Labute approximate surface area is 88.3 Å². The van der Waals surface area contributed by atoms with Gasteiger partial charge in [0.15, 0.2) is 0 Å². The van der Waals surface area contributed by atoms with Crippen molar-refractivity contribution < 1.29 is 4.79 Å². The average molecular weight is 196 g/mol. The van der Waals surface area contributed by atoms with Crippen LogP contribution in [-0.2, 0) is 4.79 Å². The molecule has 1 heteroatoms. The third-order valence-electron chi connectivity index (χ3n) is 3.58. The van der Waals surface area contributed by atoms with E-state index in [2.05, 4.69) is 27.7 Å². The minimum atomic E-state index is 0.302. The van der Waals surface area contributed by atoms with Crippen LogP contribution in [0.1, 0.15) is 59.8 Å². The predicted molar refractivity (Wildman–Crippen MR) is 60.2 cm³/mol. The molecule has 0 amide bonds. The minimum absolute atomic E-state index is 0.302. The van der Waals surface area contributed by atoms with Gasteiger partial charge in [0.05, 0.1) is 0 Å².